The third kappa shape index (κ3) is 4.18. The summed E-state index contributed by atoms with van der Waals surface area (Å²) in [4.78, 5) is -0.592. The highest BCUT2D eigenvalue weighted by molar-refractivity contribution is 7.86. The van der Waals surface area contributed by atoms with Crippen LogP contribution in [0.15, 0.2) is 68.6 Å². The average molecular weight is 342 g/mol. The minimum Gasteiger partial charge on any atom is -0.282 e. The Kier molecular flexibility index (Phi) is 4.37. The van der Waals surface area contributed by atoms with Crippen molar-refractivity contribution < 1.29 is 25.9 Å². The van der Waals surface area contributed by atoms with Gasteiger partial charge in [-0.25, -0.2) is 0 Å². The lowest BCUT2D eigenvalue weighted by atomic mass is 10.3. The summed E-state index contributed by atoms with van der Waals surface area (Å²) >= 11 is 0. The predicted molar refractivity (Wildman–Crippen MR) is 76.7 cm³/mol. The Morgan fingerprint density at radius 3 is 1.77 bits per heavy atom. The molecule has 0 radical (unpaired) electrons. The molecular formula is C12H10N2O6S2. The van der Waals surface area contributed by atoms with Gasteiger partial charge in [-0.1, -0.05) is 6.07 Å². The van der Waals surface area contributed by atoms with Crippen LogP contribution in [0.5, 0.6) is 0 Å². The van der Waals surface area contributed by atoms with Crippen LogP contribution in [0.1, 0.15) is 0 Å². The van der Waals surface area contributed by atoms with Gasteiger partial charge >= 0.3 is 0 Å². The number of azo groups is 1. The molecule has 0 unspecified atom stereocenters. The van der Waals surface area contributed by atoms with Gasteiger partial charge in [0.05, 0.1) is 21.2 Å². The molecule has 2 rings (SSSR count). The summed E-state index contributed by atoms with van der Waals surface area (Å²) in [6.07, 6.45) is 0. The summed E-state index contributed by atoms with van der Waals surface area (Å²) in [5, 5.41) is 7.57. The van der Waals surface area contributed by atoms with Crippen LogP contribution in [0.4, 0.5) is 11.4 Å². The van der Waals surface area contributed by atoms with Gasteiger partial charge in [-0.05, 0) is 42.5 Å². The van der Waals surface area contributed by atoms with Gasteiger partial charge < -0.3 is 0 Å². The minimum absolute atomic E-state index is 0.189. The van der Waals surface area contributed by atoms with Crippen LogP contribution in [-0.4, -0.2) is 25.9 Å². The van der Waals surface area contributed by atoms with Gasteiger partial charge in [-0.3, -0.25) is 9.11 Å². The molecule has 0 aliphatic rings. The van der Waals surface area contributed by atoms with E-state index < -0.39 is 20.2 Å². The van der Waals surface area contributed by atoms with Crippen molar-refractivity contribution in [2.45, 2.75) is 9.79 Å². The van der Waals surface area contributed by atoms with E-state index in [4.69, 9.17) is 9.11 Å². The Hall–Kier alpha value is -2.14. The van der Waals surface area contributed by atoms with E-state index in [0.29, 0.717) is 5.69 Å². The van der Waals surface area contributed by atoms with Gasteiger partial charge in [-0.15, -0.1) is 0 Å². The fourth-order valence-corrected chi connectivity index (χ4v) is 2.51. The molecular weight excluding hydrogens is 332 g/mol. The molecule has 0 amide bonds. The van der Waals surface area contributed by atoms with Crippen LogP contribution in [-0.2, 0) is 20.2 Å². The zero-order valence-electron chi connectivity index (χ0n) is 10.9. The van der Waals surface area contributed by atoms with E-state index in [-0.39, 0.29) is 15.5 Å². The molecule has 2 aromatic carbocycles. The van der Waals surface area contributed by atoms with Crippen molar-refractivity contribution in [3.05, 3.63) is 48.5 Å². The number of hydrogen-bond acceptors (Lipinski definition) is 6. The fourth-order valence-electron chi connectivity index (χ4n) is 1.51. The highest BCUT2D eigenvalue weighted by Crippen LogP contribution is 2.22. The van der Waals surface area contributed by atoms with E-state index in [2.05, 4.69) is 10.2 Å². The molecule has 10 heteroatoms. The quantitative estimate of drug-likeness (QED) is 0.648. The lowest BCUT2D eigenvalue weighted by molar-refractivity contribution is 0.481. The van der Waals surface area contributed by atoms with Crippen LogP contribution in [0, 0.1) is 0 Å². The van der Waals surface area contributed by atoms with Crippen molar-refractivity contribution in [1.29, 1.82) is 0 Å². The topological polar surface area (TPSA) is 133 Å². The molecule has 0 saturated heterocycles. The van der Waals surface area contributed by atoms with Gasteiger partial charge in [0.25, 0.3) is 20.2 Å². The normalized spacial score (nSPS) is 12.6. The van der Waals surface area contributed by atoms with E-state index in [9.17, 15) is 16.8 Å². The molecule has 116 valence electrons. The molecule has 2 aromatic rings. The summed E-state index contributed by atoms with van der Waals surface area (Å²) in [7, 11) is -8.60. The second-order valence-corrected chi connectivity index (χ2v) is 6.98. The van der Waals surface area contributed by atoms with Gasteiger partial charge in [0.15, 0.2) is 0 Å². The van der Waals surface area contributed by atoms with Gasteiger partial charge in [-0.2, -0.15) is 27.1 Å². The lowest BCUT2D eigenvalue weighted by Crippen LogP contribution is -1.96. The lowest BCUT2D eigenvalue weighted by Gasteiger charge is -1.98. The number of benzene rings is 2. The first-order chi connectivity index (χ1) is 10.2. The maximum atomic E-state index is 11.0. The van der Waals surface area contributed by atoms with Crippen molar-refractivity contribution in [2.24, 2.45) is 10.2 Å². The van der Waals surface area contributed by atoms with Gasteiger partial charge in [0.1, 0.15) is 0 Å². The summed E-state index contributed by atoms with van der Waals surface area (Å²) in [5.74, 6) is 0. The molecule has 2 N–H and O–H groups in total. The second-order valence-electron chi connectivity index (χ2n) is 4.14. The zero-order valence-corrected chi connectivity index (χ0v) is 12.5. The molecule has 0 heterocycles. The Morgan fingerprint density at radius 1 is 0.682 bits per heavy atom. The third-order valence-electron chi connectivity index (χ3n) is 2.53. The van der Waals surface area contributed by atoms with Crippen molar-refractivity contribution >= 4 is 31.6 Å². The third-order valence-corrected chi connectivity index (χ3v) is 4.25. The number of rotatable bonds is 4. The molecule has 0 aliphatic heterocycles. The smallest absolute Gasteiger partial charge is 0.282 e. The zero-order chi connectivity index (χ0) is 16.4. The first kappa shape index (κ1) is 16.2. The molecule has 0 saturated carbocycles. The van der Waals surface area contributed by atoms with Crippen LogP contribution in [0.25, 0.3) is 0 Å². The minimum atomic E-state index is -4.33. The predicted octanol–water partition coefficient (Wildman–Crippen LogP) is 2.60. The summed E-state index contributed by atoms with van der Waals surface area (Å²) in [6, 6.07) is 10.1. The monoisotopic (exact) mass is 342 g/mol. The largest absolute Gasteiger partial charge is 0.294 e. The summed E-state index contributed by atoms with van der Waals surface area (Å²) < 4.78 is 61.5. The Labute approximate surface area is 126 Å². The molecule has 0 atom stereocenters. The van der Waals surface area contributed by atoms with E-state index in [1.807, 2.05) is 0 Å². The van der Waals surface area contributed by atoms with Crippen molar-refractivity contribution in [3.8, 4) is 0 Å². The van der Waals surface area contributed by atoms with Crippen molar-refractivity contribution in [3.63, 3.8) is 0 Å². The summed E-state index contributed by atoms with van der Waals surface area (Å²) in [6.45, 7) is 0. The Morgan fingerprint density at radius 2 is 1.23 bits per heavy atom. The van der Waals surface area contributed by atoms with Crippen molar-refractivity contribution in [2.75, 3.05) is 0 Å². The van der Waals surface area contributed by atoms with Gasteiger partial charge in [0, 0.05) is 0 Å². The number of hydrogen-bond donors (Lipinski definition) is 2. The SMILES string of the molecule is O=S(=O)(O)c1ccc(/N=N/c2cccc(S(=O)(=O)O)c2)cc1. The molecule has 0 fully saturated rings. The summed E-state index contributed by atoms with van der Waals surface area (Å²) in [5.41, 5.74) is 0.485. The second kappa shape index (κ2) is 5.93. The average Bonchev–Trinajstić information content (AvgIpc) is 2.44. The van der Waals surface area contributed by atoms with Gasteiger partial charge in [0.2, 0.25) is 0 Å². The van der Waals surface area contributed by atoms with Crippen LogP contribution >= 0.6 is 0 Å². The number of nitrogens with zero attached hydrogens (tertiary/aromatic N) is 2. The van der Waals surface area contributed by atoms with E-state index in [1.54, 1.807) is 0 Å². The Bertz CT molecular complexity index is 918. The highest BCUT2D eigenvalue weighted by Gasteiger charge is 2.10. The van der Waals surface area contributed by atoms with Crippen LogP contribution in [0.2, 0.25) is 0 Å². The molecule has 0 aromatic heterocycles. The first-order valence-corrected chi connectivity index (χ1v) is 8.61. The molecule has 0 spiro atoms. The van der Waals surface area contributed by atoms with Crippen molar-refractivity contribution in [1.82, 2.24) is 0 Å². The van der Waals surface area contributed by atoms with E-state index in [1.165, 1.54) is 30.3 Å². The van der Waals surface area contributed by atoms with E-state index in [0.717, 1.165) is 18.2 Å². The van der Waals surface area contributed by atoms with E-state index >= 15 is 0 Å². The molecule has 8 nitrogen and oxygen atoms in total. The molecule has 0 bridgehead atoms. The van der Waals surface area contributed by atoms with Crippen LogP contribution < -0.4 is 0 Å². The maximum absolute atomic E-state index is 11.0. The molecule has 22 heavy (non-hydrogen) atoms. The highest BCUT2D eigenvalue weighted by atomic mass is 32.2. The van der Waals surface area contributed by atoms with Crippen LogP contribution in [0.3, 0.4) is 0 Å². The molecule has 0 aliphatic carbocycles. The Balaban J connectivity index is 2.26. The maximum Gasteiger partial charge on any atom is 0.294 e. The fraction of sp³-hybridized carbons (Fsp3) is 0. The first-order valence-electron chi connectivity index (χ1n) is 5.73. The standard InChI is InChI=1S/C12H10N2O6S2/c15-21(16,17)11-6-4-9(5-7-11)13-14-10-2-1-3-12(8-10)22(18,19)20/h1-8H,(H,15,16,17)(H,18,19,20)/b14-13+.